The molecule has 5 heteroatoms. The molecule has 0 aromatic heterocycles. The van der Waals surface area contributed by atoms with E-state index in [1.807, 2.05) is 12.1 Å². The summed E-state index contributed by atoms with van der Waals surface area (Å²) in [5.74, 6) is -0.320. The van der Waals surface area contributed by atoms with Gasteiger partial charge in [-0.2, -0.15) is 0 Å². The zero-order chi connectivity index (χ0) is 11.8. The minimum absolute atomic E-state index is 0. The summed E-state index contributed by atoms with van der Waals surface area (Å²) in [6.07, 6.45) is 0.750. The fourth-order valence-corrected chi connectivity index (χ4v) is 1.31. The van der Waals surface area contributed by atoms with E-state index in [1.54, 1.807) is 12.1 Å². The first-order valence-electron chi connectivity index (χ1n) is 5.26. The van der Waals surface area contributed by atoms with Gasteiger partial charge in [0.2, 0.25) is 0 Å². The van der Waals surface area contributed by atoms with E-state index in [0.29, 0.717) is 5.56 Å². The molecule has 1 aromatic carbocycles. The molecule has 0 spiro atoms. The van der Waals surface area contributed by atoms with E-state index in [4.69, 9.17) is 5.11 Å². The van der Waals surface area contributed by atoms with Crippen molar-refractivity contribution in [2.45, 2.75) is 13.0 Å². The molecule has 1 rings (SSSR count). The van der Waals surface area contributed by atoms with Crippen LogP contribution in [0.5, 0.6) is 0 Å². The first-order valence-corrected chi connectivity index (χ1v) is 5.26. The molecule has 17 heavy (non-hydrogen) atoms. The normalized spacial score (nSPS) is 9.53. The van der Waals surface area contributed by atoms with Crippen LogP contribution in [0.1, 0.15) is 22.3 Å². The lowest BCUT2D eigenvalue weighted by Crippen LogP contribution is -2.15. The Morgan fingerprint density at radius 2 is 2.00 bits per heavy atom. The van der Waals surface area contributed by atoms with Gasteiger partial charge in [-0.05, 0) is 30.7 Å². The highest BCUT2D eigenvalue weighted by Gasteiger charge is 2.03. The second-order valence-electron chi connectivity index (χ2n) is 3.44. The van der Waals surface area contributed by atoms with Crippen LogP contribution in [0.4, 0.5) is 0 Å². The molecule has 0 bridgehead atoms. The standard InChI is InChI=1S/C12H17NO3.ClH/c1-16-12(15)11-5-3-10(4-6-11)9-13-7-2-8-14;/h3-6,13-14H,2,7-9H2,1H3;1H. The fourth-order valence-electron chi connectivity index (χ4n) is 1.31. The highest BCUT2D eigenvalue weighted by Crippen LogP contribution is 2.05. The van der Waals surface area contributed by atoms with E-state index >= 15 is 0 Å². The molecule has 0 heterocycles. The van der Waals surface area contributed by atoms with Crippen LogP contribution in [0.2, 0.25) is 0 Å². The van der Waals surface area contributed by atoms with Crippen molar-refractivity contribution >= 4 is 18.4 Å². The maximum absolute atomic E-state index is 11.2. The molecular formula is C12H18ClNO3. The van der Waals surface area contributed by atoms with Gasteiger partial charge in [0.15, 0.2) is 0 Å². The Kier molecular flexibility index (Phi) is 8.40. The number of nitrogens with one attached hydrogen (secondary N) is 1. The van der Waals surface area contributed by atoms with Gasteiger partial charge in [-0.3, -0.25) is 0 Å². The predicted molar refractivity (Wildman–Crippen MR) is 68.4 cm³/mol. The van der Waals surface area contributed by atoms with Crippen molar-refractivity contribution < 1.29 is 14.6 Å². The fraction of sp³-hybridized carbons (Fsp3) is 0.417. The predicted octanol–water partition coefficient (Wildman–Crippen LogP) is 1.37. The van der Waals surface area contributed by atoms with Gasteiger partial charge in [-0.1, -0.05) is 12.1 Å². The second-order valence-corrected chi connectivity index (χ2v) is 3.44. The number of methoxy groups -OCH3 is 1. The molecule has 0 fully saturated rings. The minimum atomic E-state index is -0.320. The van der Waals surface area contributed by atoms with E-state index in [-0.39, 0.29) is 25.0 Å². The van der Waals surface area contributed by atoms with Gasteiger partial charge in [0, 0.05) is 13.2 Å². The summed E-state index contributed by atoms with van der Waals surface area (Å²) in [7, 11) is 1.37. The average molecular weight is 260 g/mol. The number of carbonyl (C=O) groups excluding carboxylic acids is 1. The van der Waals surface area contributed by atoms with E-state index < -0.39 is 0 Å². The zero-order valence-corrected chi connectivity index (χ0v) is 10.6. The van der Waals surface area contributed by atoms with Crippen LogP contribution < -0.4 is 5.32 Å². The Balaban J connectivity index is 0.00000256. The lowest BCUT2D eigenvalue weighted by molar-refractivity contribution is 0.0600. The molecule has 2 N–H and O–H groups in total. The van der Waals surface area contributed by atoms with Crippen LogP contribution in [0, 0.1) is 0 Å². The van der Waals surface area contributed by atoms with E-state index in [9.17, 15) is 4.79 Å². The number of hydrogen-bond acceptors (Lipinski definition) is 4. The largest absolute Gasteiger partial charge is 0.465 e. The Labute approximate surface area is 107 Å². The molecular weight excluding hydrogens is 242 g/mol. The Morgan fingerprint density at radius 1 is 1.35 bits per heavy atom. The molecule has 0 aliphatic rings. The maximum atomic E-state index is 11.2. The molecule has 0 aliphatic heterocycles. The summed E-state index contributed by atoms with van der Waals surface area (Å²) in [5.41, 5.74) is 1.66. The van der Waals surface area contributed by atoms with Gasteiger partial charge in [0.25, 0.3) is 0 Å². The first kappa shape index (κ1) is 15.9. The van der Waals surface area contributed by atoms with E-state index in [2.05, 4.69) is 10.1 Å². The van der Waals surface area contributed by atoms with Crippen LogP contribution in [-0.4, -0.2) is 31.3 Å². The summed E-state index contributed by atoms with van der Waals surface area (Å²) < 4.78 is 4.61. The number of benzene rings is 1. The van der Waals surface area contributed by atoms with Crippen LogP contribution >= 0.6 is 12.4 Å². The van der Waals surface area contributed by atoms with Gasteiger partial charge in [0.1, 0.15) is 0 Å². The number of halogens is 1. The Bertz CT molecular complexity index is 327. The minimum Gasteiger partial charge on any atom is -0.465 e. The van der Waals surface area contributed by atoms with Crippen molar-refractivity contribution in [2.24, 2.45) is 0 Å². The monoisotopic (exact) mass is 259 g/mol. The third-order valence-electron chi connectivity index (χ3n) is 2.22. The molecule has 1 aromatic rings. The van der Waals surface area contributed by atoms with Gasteiger partial charge >= 0.3 is 5.97 Å². The number of aliphatic hydroxyl groups excluding tert-OH is 1. The molecule has 4 nitrogen and oxygen atoms in total. The summed E-state index contributed by atoms with van der Waals surface area (Å²) in [4.78, 5) is 11.2. The number of aliphatic hydroxyl groups is 1. The third kappa shape index (κ3) is 5.68. The number of rotatable bonds is 6. The molecule has 0 atom stereocenters. The average Bonchev–Trinajstić information content (AvgIpc) is 2.34. The van der Waals surface area contributed by atoms with Crippen molar-refractivity contribution in [3.05, 3.63) is 35.4 Å². The Morgan fingerprint density at radius 3 is 2.53 bits per heavy atom. The van der Waals surface area contributed by atoms with Crippen molar-refractivity contribution in [3.63, 3.8) is 0 Å². The summed E-state index contributed by atoms with van der Waals surface area (Å²) in [6, 6.07) is 7.26. The van der Waals surface area contributed by atoms with Gasteiger partial charge in [0.05, 0.1) is 12.7 Å². The van der Waals surface area contributed by atoms with Crippen molar-refractivity contribution in [2.75, 3.05) is 20.3 Å². The molecule has 0 saturated heterocycles. The molecule has 96 valence electrons. The highest BCUT2D eigenvalue weighted by molar-refractivity contribution is 5.89. The molecule has 0 saturated carbocycles. The zero-order valence-electron chi connectivity index (χ0n) is 9.81. The van der Waals surface area contributed by atoms with E-state index in [1.165, 1.54) is 7.11 Å². The van der Waals surface area contributed by atoms with Gasteiger partial charge < -0.3 is 15.2 Å². The van der Waals surface area contributed by atoms with Crippen LogP contribution in [0.3, 0.4) is 0 Å². The highest BCUT2D eigenvalue weighted by atomic mass is 35.5. The van der Waals surface area contributed by atoms with Crippen molar-refractivity contribution in [3.8, 4) is 0 Å². The number of carbonyl (C=O) groups is 1. The van der Waals surface area contributed by atoms with E-state index in [0.717, 1.165) is 25.1 Å². The lowest BCUT2D eigenvalue weighted by Gasteiger charge is -2.04. The van der Waals surface area contributed by atoms with Gasteiger partial charge in [-0.25, -0.2) is 4.79 Å². The van der Waals surface area contributed by atoms with Crippen LogP contribution in [-0.2, 0) is 11.3 Å². The maximum Gasteiger partial charge on any atom is 0.337 e. The topological polar surface area (TPSA) is 58.6 Å². The van der Waals surface area contributed by atoms with Crippen LogP contribution in [0.15, 0.2) is 24.3 Å². The quantitative estimate of drug-likeness (QED) is 0.598. The molecule has 0 aliphatic carbocycles. The van der Waals surface area contributed by atoms with Crippen molar-refractivity contribution in [1.82, 2.24) is 5.32 Å². The summed E-state index contributed by atoms with van der Waals surface area (Å²) >= 11 is 0. The smallest absolute Gasteiger partial charge is 0.337 e. The SMILES string of the molecule is COC(=O)c1ccc(CNCCCO)cc1.Cl. The molecule has 0 radical (unpaired) electrons. The molecule has 0 amide bonds. The van der Waals surface area contributed by atoms with Gasteiger partial charge in [-0.15, -0.1) is 12.4 Å². The lowest BCUT2D eigenvalue weighted by atomic mass is 10.1. The first-order chi connectivity index (χ1) is 7.77. The summed E-state index contributed by atoms with van der Waals surface area (Å²) in [6.45, 7) is 1.73. The molecule has 0 unspecified atom stereocenters. The number of ether oxygens (including phenoxy) is 1. The Hall–Kier alpha value is -1.10. The number of esters is 1. The number of hydrogen-bond donors (Lipinski definition) is 2. The van der Waals surface area contributed by atoms with Crippen molar-refractivity contribution in [1.29, 1.82) is 0 Å². The second kappa shape index (κ2) is 8.98. The van der Waals surface area contributed by atoms with Crippen LogP contribution in [0.25, 0.3) is 0 Å². The third-order valence-corrected chi connectivity index (χ3v) is 2.22. The summed E-state index contributed by atoms with van der Waals surface area (Å²) in [5, 5.41) is 11.8.